The van der Waals surface area contributed by atoms with Crippen LogP contribution in [0.3, 0.4) is 0 Å². The Labute approximate surface area is 137 Å². The molecule has 0 spiro atoms. The predicted octanol–water partition coefficient (Wildman–Crippen LogP) is -1.32. The molecule has 1 saturated heterocycles. The lowest BCUT2D eigenvalue weighted by molar-refractivity contribution is -0.123. The molecule has 0 bridgehead atoms. The van der Waals surface area contributed by atoms with Gasteiger partial charge in [-0.15, -0.1) is 11.8 Å². The van der Waals surface area contributed by atoms with Crippen LogP contribution in [0.15, 0.2) is 29.2 Å². The molecule has 1 aromatic carbocycles. The van der Waals surface area contributed by atoms with Crippen molar-refractivity contribution in [1.82, 2.24) is 10.6 Å². The number of amides is 2. The number of anilines is 1. The first kappa shape index (κ1) is 17.7. The summed E-state index contributed by atoms with van der Waals surface area (Å²) in [5.41, 5.74) is 5.67. The molecule has 1 aliphatic rings. The summed E-state index contributed by atoms with van der Waals surface area (Å²) < 4.78 is 22.3. The zero-order valence-electron chi connectivity index (χ0n) is 12.0. The number of primary sulfonamides is 1. The Bertz CT molecular complexity index is 692. The van der Waals surface area contributed by atoms with Crippen LogP contribution in [0.25, 0.3) is 0 Å². The van der Waals surface area contributed by atoms with Crippen molar-refractivity contribution in [3.8, 4) is 0 Å². The van der Waals surface area contributed by atoms with Crippen LogP contribution in [0, 0.1) is 0 Å². The molecule has 126 valence electrons. The van der Waals surface area contributed by atoms with Crippen molar-refractivity contribution in [1.29, 1.82) is 0 Å². The van der Waals surface area contributed by atoms with Crippen molar-refractivity contribution < 1.29 is 18.0 Å². The highest BCUT2D eigenvalue weighted by Crippen LogP contribution is 2.14. The van der Waals surface area contributed by atoms with Crippen molar-refractivity contribution in [2.45, 2.75) is 23.0 Å². The number of nitrogens with two attached hydrogens (primary N) is 2. The van der Waals surface area contributed by atoms with Crippen LogP contribution in [0.1, 0.15) is 6.42 Å². The smallest absolute Gasteiger partial charge is 0.238 e. The Morgan fingerprint density at radius 3 is 2.57 bits per heavy atom. The lowest BCUT2D eigenvalue weighted by Gasteiger charge is -2.28. The number of carbonyl (C=O) groups excluding carboxylic acids is 2. The van der Waals surface area contributed by atoms with Crippen LogP contribution < -0.4 is 26.8 Å². The van der Waals surface area contributed by atoms with Crippen molar-refractivity contribution in [3.63, 3.8) is 0 Å². The van der Waals surface area contributed by atoms with Gasteiger partial charge < -0.3 is 16.4 Å². The summed E-state index contributed by atoms with van der Waals surface area (Å²) >= 11 is 1.19. The van der Waals surface area contributed by atoms with Crippen LogP contribution in [-0.4, -0.2) is 37.6 Å². The van der Waals surface area contributed by atoms with Gasteiger partial charge in [0.05, 0.1) is 23.2 Å². The number of nitrogens with one attached hydrogen (secondary N) is 3. The second-order valence-corrected chi connectivity index (χ2v) is 7.51. The molecule has 2 unspecified atom stereocenters. The van der Waals surface area contributed by atoms with Gasteiger partial charge in [0, 0.05) is 5.69 Å². The predicted molar refractivity (Wildman–Crippen MR) is 86.6 cm³/mol. The van der Waals surface area contributed by atoms with Gasteiger partial charge in [-0.1, -0.05) is 0 Å². The van der Waals surface area contributed by atoms with E-state index in [1.165, 1.54) is 36.0 Å². The van der Waals surface area contributed by atoms with E-state index in [9.17, 15) is 18.0 Å². The van der Waals surface area contributed by atoms with Crippen LogP contribution in [0.5, 0.6) is 0 Å². The number of hydrogen-bond donors (Lipinski definition) is 5. The average Bonchev–Trinajstić information content (AvgIpc) is 2.44. The van der Waals surface area contributed by atoms with E-state index in [1.807, 2.05) is 0 Å². The van der Waals surface area contributed by atoms with Gasteiger partial charge in [-0.05, 0) is 24.3 Å². The fourth-order valence-corrected chi connectivity index (χ4v) is 3.27. The highest BCUT2D eigenvalue weighted by Gasteiger charge is 2.23. The van der Waals surface area contributed by atoms with E-state index in [0.717, 1.165) is 0 Å². The third-order valence-corrected chi connectivity index (χ3v) is 4.86. The van der Waals surface area contributed by atoms with Crippen molar-refractivity contribution in [3.05, 3.63) is 24.3 Å². The van der Waals surface area contributed by atoms with E-state index < -0.39 is 21.7 Å². The normalized spacial score (nSPS) is 21.6. The second kappa shape index (κ2) is 7.27. The van der Waals surface area contributed by atoms with Gasteiger partial charge in [0.1, 0.15) is 5.50 Å². The Kier molecular flexibility index (Phi) is 5.59. The molecular weight excluding hydrogens is 342 g/mol. The highest BCUT2D eigenvalue weighted by atomic mass is 32.2. The largest absolute Gasteiger partial charge is 0.332 e. The molecule has 2 rings (SSSR count). The third kappa shape index (κ3) is 5.48. The molecule has 1 aliphatic heterocycles. The molecule has 7 N–H and O–H groups in total. The Morgan fingerprint density at radius 1 is 1.35 bits per heavy atom. The fourth-order valence-electron chi connectivity index (χ4n) is 1.87. The Balaban J connectivity index is 1.84. The summed E-state index contributed by atoms with van der Waals surface area (Å²) in [6.07, 6.45) is -0.241. The number of thioether (sulfide) groups is 1. The van der Waals surface area contributed by atoms with E-state index in [2.05, 4.69) is 16.0 Å². The van der Waals surface area contributed by atoms with Gasteiger partial charge in [-0.25, -0.2) is 13.6 Å². The number of sulfonamides is 1. The van der Waals surface area contributed by atoms with Gasteiger partial charge in [0.2, 0.25) is 21.8 Å². The first-order valence-electron chi connectivity index (χ1n) is 6.59. The zero-order chi connectivity index (χ0) is 17.0. The molecule has 2 atom stereocenters. The minimum atomic E-state index is -3.76. The Hall–Kier alpha value is -1.66. The van der Waals surface area contributed by atoms with Crippen molar-refractivity contribution in [2.75, 3.05) is 11.1 Å². The molecule has 0 aromatic heterocycles. The maximum absolute atomic E-state index is 11.9. The van der Waals surface area contributed by atoms with Gasteiger partial charge in [0.15, 0.2) is 0 Å². The average molecular weight is 359 g/mol. The molecule has 11 heteroatoms. The second-order valence-electron chi connectivity index (χ2n) is 4.85. The molecule has 9 nitrogen and oxygen atoms in total. The van der Waals surface area contributed by atoms with Gasteiger partial charge in [-0.3, -0.25) is 14.9 Å². The highest BCUT2D eigenvalue weighted by molar-refractivity contribution is 8.00. The topological polar surface area (TPSA) is 156 Å². The lowest BCUT2D eigenvalue weighted by Crippen LogP contribution is -2.58. The van der Waals surface area contributed by atoms with Crippen LogP contribution in [0.2, 0.25) is 0 Å². The van der Waals surface area contributed by atoms with Crippen LogP contribution in [-0.2, 0) is 19.6 Å². The van der Waals surface area contributed by atoms with E-state index in [4.69, 9.17) is 10.9 Å². The summed E-state index contributed by atoms with van der Waals surface area (Å²) in [6.45, 7) is 0. The molecule has 0 saturated carbocycles. The summed E-state index contributed by atoms with van der Waals surface area (Å²) in [6, 6.07) is 5.50. The molecule has 1 aromatic rings. The summed E-state index contributed by atoms with van der Waals surface area (Å²) in [4.78, 5) is 23.1. The minimum Gasteiger partial charge on any atom is -0.332 e. The third-order valence-electron chi connectivity index (χ3n) is 2.91. The molecule has 1 fully saturated rings. The maximum Gasteiger partial charge on any atom is 0.238 e. The first-order valence-corrected chi connectivity index (χ1v) is 9.19. The van der Waals surface area contributed by atoms with E-state index in [1.54, 1.807) is 0 Å². The molecule has 0 radical (unpaired) electrons. The van der Waals surface area contributed by atoms with Crippen LogP contribution >= 0.6 is 11.8 Å². The molecule has 1 heterocycles. The Morgan fingerprint density at radius 2 is 2.00 bits per heavy atom. The number of rotatable bonds is 5. The van der Waals surface area contributed by atoms with E-state index in [0.29, 0.717) is 5.69 Å². The standard InChI is InChI=1S/C12H17N5O4S2/c13-9-5-10(18)17-12(16-9)22-6-11(19)15-7-1-3-8(4-2-7)23(14,20)21/h1-4,9,12,16H,5-6,13H2,(H,15,19)(H,17,18)(H2,14,20,21). The summed E-state index contributed by atoms with van der Waals surface area (Å²) in [5.74, 6) is -0.386. The molecule has 2 amide bonds. The monoisotopic (exact) mass is 359 g/mol. The SMILES string of the molecule is NC1CC(=O)NC(SCC(=O)Nc2ccc(S(N)(=O)=O)cc2)N1. The molecule has 0 aliphatic carbocycles. The maximum atomic E-state index is 11.9. The molecular formula is C12H17N5O4S2. The molecule has 23 heavy (non-hydrogen) atoms. The number of hydrogen-bond acceptors (Lipinski definition) is 7. The first-order chi connectivity index (χ1) is 10.7. The van der Waals surface area contributed by atoms with E-state index >= 15 is 0 Å². The quantitative estimate of drug-likeness (QED) is 0.436. The van der Waals surface area contributed by atoms with Gasteiger partial charge >= 0.3 is 0 Å². The summed E-state index contributed by atoms with van der Waals surface area (Å²) in [7, 11) is -3.76. The number of carbonyl (C=O) groups is 2. The minimum absolute atomic E-state index is 0.0343. The summed E-state index contributed by atoms with van der Waals surface area (Å²) in [5, 5.41) is 13.2. The lowest BCUT2D eigenvalue weighted by atomic mass is 10.3. The zero-order valence-corrected chi connectivity index (χ0v) is 13.6. The van der Waals surface area contributed by atoms with Crippen molar-refractivity contribution >= 4 is 39.3 Å². The number of benzene rings is 1. The van der Waals surface area contributed by atoms with E-state index in [-0.39, 0.29) is 28.9 Å². The van der Waals surface area contributed by atoms with Crippen molar-refractivity contribution in [2.24, 2.45) is 10.9 Å². The van der Waals surface area contributed by atoms with Gasteiger partial charge in [0.25, 0.3) is 0 Å². The fraction of sp³-hybridized carbons (Fsp3) is 0.333. The van der Waals surface area contributed by atoms with Crippen LogP contribution in [0.4, 0.5) is 5.69 Å². The van der Waals surface area contributed by atoms with Gasteiger partial charge in [-0.2, -0.15) is 0 Å².